The van der Waals surface area contributed by atoms with Gasteiger partial charge in [0.15, 0.2) is 5.65 Å². The van der Waals surface area contributed by atoms with Crippen LogP contribution in [0.2, 0.25) is 0 Å². The standard InChI is InChI=1S/C23H27N5O2/c1-15-25-22(24)18-11-12-19(27-23(18)26-15)20-5-3-4-14-28(20)21(29)13-8-16-6-9-17(30-2)10-7-16/h6-7,9-12,20H,3-5,8,13-14H2,1-2H3,(H2,24,25,26,27)/t20-/m0/s1. The van der Waals surface area contributed by atoms with E-state index in [1.807, 2.05) is 41.3 Å². The van der Waals surface area contributed by atoms with Gasteiger partial charge in [-0.1, -0.05) is 12.1 Å². The number of aromatic nitrogens is 3. The third kappa shape index (κ3) is 4.20. The fourth-order valence-corrected chi connectivity index (χ4v) is 4.07. The van der Waals surface area contributed by atoms with Crippen molar-refractivity contribution in [2.45, 2.75) is 45.1 Å². The summed E-state index contributed by atoms with van der Waals surface area (Å²) in [4.78, 5) is 28.5. The summed E-state index contributed by atoms with van der Waals surface area (Å²) in [6, 6.07) is 11.7. The summed E-state index contributed by atoms with van der Waals surface area (Å²) in [5.74, 6) is 2.02. The van der Waals surface area contributed by atoms with Crippen LogP contribution in [0.1, 0.15) is 48.8 Å². The molecule has 2 aromatic heterocycles. The van der Waals surface area contributed by atoms with E-state index in [4.69, 9.17) is 15.5 Å². The van der Waals surface area contributed by atoms with Crippen LogP contribution in [-0.2, 0) is 11.2 Å². The second kappa shape index (κ2) is 8.65. The summed E-state index contributed by atoms with van der Waals surface area (Å²) in [6.07, 6.45) is 4.20. The summed E-state index contributed by atoms with van der Waals surface area (Å²) in [7, 11) is 1.65. The molecule has 0 saturated carbocycles. The number of amides is 1. The number of piperidine rings is 1. The predicted molar refractivity (Wildman–Crippen MR) is 116 cm³/mol. The third-order valence-electron chi connectivity index (χ3n) is 5.67. The van der Waals surface area contributed by atoms with Gasteiger partial charge in [-0.15, -0.1) is 0 Å². The lowest BCUT2D eigenvalue weighted by atomic mass is 9.97. The number of ether oxygens (including phenoxy) is 1. The monoisotopic (exact) mass is 405 g/mol. The van der Waals surface area contributed by atoms with Crippen molar-refractivity contribution in [1.29, 1.82) is 0 Å². The molecule has 1 saturated heterocycles. The number of anilines is 1. The number of hydrogen-bond acceptors (Lipinski definition) is 6. The first-order valence-corrected chi connectivity index (χ1v) is 10.4. The second-order valence-electron chi connectivity index (χ2n) is 7.71. The summed E-state index contributed by atoms with van der Waals surface area (Å²) in [5, 5.41) is 0.748. The van der Waals surface area contributed by atoms with Crippen molar-refractivity contribution in [2.75, 3.05) is 19.4 Å². The molecule has 156 valence electrons. The van der Waals surface area contributed by atoms with Crippen molar-refractivity contribution in [3.8, 4) is 5.75 Å². The molecule has 3 aromatic rings. The number of likely N-dealkylation sites (tertiary alicyclic amines) is 1. The molecule has 4 rings (SSSR count). The normalized spacial score (nSPS) is 16.6. The summed E-state index contributed by atoms with van der Waals surface area (Å²) >= 11 is 0. The molecule has 0 aliphatic carbocycles. The Labute approximate surface area is 176 Å². The van der Waals surface area contributed by atoms with Crippen molar-refractivity contribution < 1.29 is 9.53 Å². The third-order valence-corrected chi connectivity index (χ3v) is 5.67. The summed E-state index contributed by atoms with van der Waals surface area (Å²) in [6.45, 7) is 2.57. The van der Waals surface area contributed by atoms with Crippen LogP contribution < -0.4 is 10.5 Å². The highest BCUT2D eigenvalue weighted by molar-refractivity contribution is 5.85. The summed E-state index contributed by atoms with van der Waals surface area (Å²) < 4.78 is 5.20. The summed E-state index contributed by atoms with van der Waals surface area (Å²) in [5.41, 5.74) is 8.60. The van der Waals surface area contributed by atoms with Crippen LogP contribution in [-0.4, -0.2) is 39.4 Å². The number of carbonyl (C=O) groups is 1. The van der Waals surface area contributed by atoms with Gasteiger partial charge in [-0.2, -0.15) is 0 Å². The van der Waals surface area contributed by atoms with E-state index in [9.17, 15) is 4.79 Å². The molecule has 3 heterocycles. The van der Waals surface area contributed by atoms with Gasteiger partial charge in [0, 0.05) is 13.0 Å². The van der Waals surface area contributed by atoms with Crippen LogP contribution >= 0.6 is 0 Å². The minimum absolute atomic E-state index is 0.0250. The Hall–Kier alpha value is -3.22. The molecule has 1 amide bonds. The van der Waals surface area contributed by atoms with Crippen LogP contribution in [0, 0.1) is 6.92 Å². The Kier molecular flexibility index (Phi) is 5.79. The number of rotatable bonds is 5. The van der Waals surface area contributed by atoms with Gasteiger partial charge in [0.2, 0.25) is 5.91 Å². The zero-order chi connectivity index (χ0) is 21.1. The maximum Gasteiger partial charge on any atom is 0.223 e. The first-order valence-electron chi connectivity index (χ1n) is 10.4. The SMILES string of the molecule is COc1ccc(CCC(=O)N2CCCC[C@H]2c2ccc3c(N)nc(C)nc3n2)cc1. The Morgan fingerprint density at radius 1 is 1.13 bits per heavy atom. The van der Waals surface area contributed by atoms with Crippen molar-refractivity contribution in [2.24, 2.45) is 0 Å². The quantitative estimate of drug-likeness (QED) is 0.697. The van der Waals surface area contributed by atoms with E-state index in [1.54, 1.807) is 14.0 Å². The number of aryl methyl sites for hydroxylation is 2. The lowest BCUT2D eigenvalue weighted by Crippen LogP contribution is -2.39. The van der Waals surface area contributed by atoms with E-state index < -0.39 is 0 Å². The van der Waals surface area contributed by atoms with E-state index in [2.05, 4.69) is 9.97 Å². The molecule has 0 radical (unpaired) electrons. The van der Waals surface area contributed by atoms with Crippen molar-refractivity contribution in [1.82, 2.24) is 19.9 Å². The van der Waals surface area contributed by atoms with Crippen LogP contribution in [0.5, 0.6) is 5.75 Å². The molecule has 1 aromatic carbocycles. The number of carbonyl (C=O) groups excluding carboxylic acids is 1. The highest BCUT2D eigenvalue weighted by Crippen LogP contribution is 2.32. The topological polar surface area (TPSA) is 94.2 Å². The highest BCUT2D eigenvalue weighted by Gasteiger charge is 2.29. The molecule has 0 unspecified atom stereocenters. The van der Waals surface area contributed by atoms with Crippen LogP contribution in [0.15, 0.2) is 36.4 Å². The Bertz CT molecular complexity index is 1050. The fourth-order valence-electron chi connectivity index (χ4n) is 4.07. The van der Waals surface area contributed by atoms with Gasteiger partial charge >= 0.3 is 0 Å². The molecule has 1 fully saturated rings. The number of nitrogens with two attached hydrogens (primary N) is 1. The van der Waals surface area contributed by atoms with Gasteiger partial charge in [-0.05, 0) is 62.4 Å². The van der Waals surface area contributed by atoms with Gasteiger partial charge in [-0.3, -0.25) is 4.79 Å². The number of hydrogen-bond donors (Lipinski definition) is 1. The molecule has 1 aliphatic rings. The number of methoxy groups -OCH3 is 1. The second-order valence-corrected chi connectivity index (χ2v) is 7.71. The average Bonchev–Trinajstić information content (AvgIpc) is 2.77. The Balaban J connectivity index is 1.52. The molecule has 2 N–H and O–H groups in total. The zero-order valence-corrected chi connectivity index (χ0v) is 17.5. The number of nitrogen functional groups attached to an aromatic ring is 1. The average molecular weight is 406 g/mol. The van der Waals surface area contributed by atoms with E-state index in [0.717, 1.165) is 48.2 Å². The molecule has 0 bridgehead atoms. The molecule has 0 spiro atoms. The van der Waals surface area contributed by atoms with E-state index in [-0.39, 0.29) is 11.9 Å². The minimum Gasteiger partial charge on any atom is -0.497 e. The molecule has 7 nitrogen and oxygen atoms in total. The highest BCUT2D eigenvalue weighted by atomic mass is 16.5. The number of fused-ring (bicyclic) bond motifs is 1. The molecule has 1 atom stereocenters. The van der Waals surface area contributed by atoms with Crippen LogP contribution in [0.25, 0.3) is 11.0 Å². The predicted octanol–water partition coefficient (Wildman–Crippen LogP) is 3.61. The van der Waals surface area contributed by atoms with Crippen molar-refractivity contribution >= 4 is 22.8 Å². The van der Waals surface area contributed by atoms with E-state index in [1.165, 1.54) is 0 Å². The van der Waals surface area contributed by atoms with Crippen LogP contribution in [0.4, 0.5) is 5.82 Å². The Morgan fingerprint density at radius 2 is 1.93 bits per heavy atom. The van der Waals surface area contributed by atoms with Crippen molar-refractivity contribution in [3.63, 3.8) is 0 Å². The largest absolute Gasteiger partial charge is 0.497 e. The molecular weight excluding hydrogens is 378 g/mol. The first kappa shape index (κ1) is 20.1. The minimum atomic E-state index is -0.0250. The van der Waals surface area contributed by atoms with Gasteiger partial charge < -0.3 is 15.4 Å². The van der Waals surface area contributed by atoms with Gasteiger partial charge in [0.25, 0.3) is 0 Å². The smallest absolute Gasteiger partial charge is 0.223 e. The zero-order valence-electron chi connectivity index (χ0n) is 17.5. The van der Waals surface area contributed by atoms with E-state index in [0.29, 0.717) is 30.1 Å². The lowest BCUT2D eigenvalue weighted by Gasteiger charge is -2.35. The maximum atomic E-state index is 13.1. The number of pyridine rings is 1. The molecule has 7 heteroatoms. The number of benzene rings is 1. The van der Waals surface area contributed by atoms with Crippen LogP contribution in [0.3, 0.4) is 0 Å². The van der Waals surface area contributed by atoms with Gasteiger partial charge in [-0.25, -0.2) is 15.0 Å². The molecule has 1 aliphatic heterocycles. The number of nitrogens with zero attached hydrogens (tertiary/aromatic N) is 4. The van der Waals surface area contributed by atoms with Crippen molar-refractivity contribution in [3.05, 3.63) is 53.5 Å². The van der Waals surface area contributed by atoms with E-state index >= 15 is 0 Å². The maximum absolute atomic E-state index is 13.1. The Morgan fingerprint density at radius 3 is 2.70 bits per heavy atom. The first-order chi connectivity index (χ1) is 14.5. The molecular formula is C23H27N5O2. The lowest BCUT2D eigenvalue weighted by molar-refractivity contribution is -0.135. The fraction of sp³-hybridized carbons (Fsp3) is 0.391. The van der Waals surface area contributed by atoms with Gasteiger partial charge in [0.1, 0.15) is 17.4 Å². The molecule has 30 heavy (non-hydrogen) atoms. The van der Waals surface area contributed by atoms with Gasteiger partial charge in [0.05, 0.1) is 24.2 Å².